The molecule has 5 heteroatoms. The SMILES string of the molecule is CC1(C=O)CCCC2(C)C1CCC13CC(CCC12)C(C(=O)OCC1(O)CC24CCC5C(C)(C=O)CCCC5(C)C2CCC1C4)C3. The van der Waals surface area contributed by atoms with Crippen molar-refractivity contribution in [3.05, 3.63) is 0 Å². The number of aliphatic hydroxyl groups is 1. The van der Waals surface area contributed by atoms with Crippen molar-refractivity contribution in [2.24, 2.45) is 73.9 Å². The van der Waals surface area contributed by atoms with E-state index in [0.29, 0.717) is 29.6 Å². The smallest absolute Gasteiger partial charge is 0.309 e. The molecule has 0 amide bonds. The van der Waals surface area contributed by atoms with E-state index in [-0.39, 0.29) is 56.9 Å². The van der Waals surface area contributed by atoms with Gasteiger partial charge in [0.15, 0.2) is 0 Å². The first-order valence-electron chi connectivity index (χ1n) is 19.1. The molecule has 0 aromatic carbocycles. The largest absolute Gasteiger partial charge is 0.462 e. The lowest BCUT2D eigenvalue weighted by atomic mass is 9.41. The molecular weight excluding hydrogens is 560 g/mol. The molecular formula is C40H60O5. The molecule has 4 bridgehead atoms. The van der Waals surface area contributed by atoms with Crippen molar-refractivity contribution < 1.29 is 24.2 Å². The van der Waals surface area contributed by atoms with Gasteiger partial charge < -0.3 is 19.4 Å². The quantitative estimate of drug-likeness (QED) is 0.248. The van der Waals surface area contributed by atoms with Gasteiger partial charge in [0.05, 0.1) is 5.92 Å². The lowest BCUT2D eigenvalue weighted by molar-refractivity contribution is -0.162. The normalized spacial score (nSPS) is 57.9. The third kappa shape index (κ3) is 4.09. The maximum Gasteiger partial charge on any atom is 0.309 e. The Morgan fingerprint density at radius 3 is 1.89 bits per heavy atom. The fraction of sp³-hybridized carbons (Fsp3) is 0.925. The van der Waals surface area contributed by atoms with Gasteiger partial charge in [-0.1, -0.05) is 40.5 Å². The molecule has 8 fully saturated rings. The van der Waals surface area contributed by atoms with Crippen molar-refractivity contribution in [3.63, 3.8) is 0 Å². The average molecular weight is 621 g/mol. The summed E-state index contributed by atoms with van der Waals surface area (Å²) in [4.78, 5) is 38.6. The van der Waals surface area contributed by atoms with Crippen molar-refractivity contribution in [1.29, 1.82) is 0 Å². The second-order valence-corrected chi connectivity index (χ2v) is 19.7. The molecule has 8 rings (SSSR count). The minimum Gasteiger partial charge on any atom is -0.462 e. The first kappa shape index (κ1) is 31.1. The second-order valence-electron chi connectivity index (χ2n) is 19.7. The summed E-state index contributed by atoms with van der Waals surface area (Å²) in [5.41, 5.74) is -0.635. The van der Waals surface area contributed by atoms with Crippen LogP contribution in [0.5, 0.6) is 0 Å². The summed E-state index contributed by atoms with van der Waals surface area (Å²) in [7, 11) is 0. The molecule has 45 heavy (non-hydrogen) atoms. The van der Waals surface area contributed by atoms with E-state index in [1.54, 1.807) is 0 Å². The molecule has 0 saturated heterocycles. The van der Waals surface area contributed by atoms with Gasteiger partial charge in [0.1, 0.15) is 24.8 Å². The third-order valence-corrected chi connectivity index (χ3v) is 17.8. The number of carbonyl (C=O) groups is 3. The Kier molecular flexibility index (Phi) is 6.84. The standard InChI is InChI=1S/C40H60O5/c1-34(23-41)13-5-15-36(3)29(34)11-17-38-19-26(7-9-31(36)38)28(21-38)33(43)45-25-40(44)22-39-18-12-30-35(2,24-42)14-6-16-37(30,4)32(39)10-8-27(40)20-39/h23-24,26-32,44H,5-22,25H2,1-4H3. The van der Waals surface area contributed by atoms with Crippen LogP contribution in [0.2, 0.25) is 0 Å². The van der Waals surface area contributed by atoms with Crippen molar-refractivity contribution in [2.45, 2.75) is 149 Å². The van der Waals surface area contributed by atoms with E-state index in [0.717, 1.165) is 96.3 Å². The van der Waals surface area contributed by atoms with Gasteiger partial charge in [-0.2, -0.15) is 0 Å². The summed E-state index contributed by atoms with van der Waals surface area (Å²) in [6, 6.07) is 0. The van der Waals surface area contributed by atoms with Crippen LogP contribution in [0.1, 0.15) is 143 Å². The maximum atomic E-state index is 14.0. The van der Waals surface area contributed by atoms with Gasteiger partial charge in [-0.15, -0.1) is 0 Å². The topological polar surface area (TPSA) is 80.7 Å². The molecule has 14 atom stereocenters. The van der Waals surface area contributed by atoms with E-state index < -0.39 is 5.60 Å². The maximum absolute atomic E-state index is 14.0. The minimum absolute atomic E-state index is 0.0379. The van der Waals surface area contributed by atoms with Crippen LogP contribution >= 0.6 is 0 Å². The summed E-state index contributed by atoms with van der Waals surface area (Å²) in [5, 5.41) is 12.3. The molecule has 8 saturated carbocycles. The lowest BCUT2D eigenvalue weighted by Gasteiger charge is -2.63. The van der Waals surface area contributed by atoms with E-state index in [2.05, 4.69) is 27.7 Å². The molecule has 5 nitrogen and oxygen atoms in total. The molecule has 0 aromatic heterocycles. The summed E-state index contributed by atoms with van der Waals surface area (Å²) < 4.78 is 6.27. The molecule has 1 N–H and O–H groups in total. The molecule has 0 aliphatic heterocycles. The van der Waals surface area contributed by atoms with Gasteiger partial charge in [-0.05, 0) is 160 Å². The number of hydrogen-bond acceptors (Lipinski definition) is 5. The summed E-state index contributed by atoms with van der Waals surface area (Å²) in [5.74, 6) is 2.59. The molecule has 8 aliphatic carbocycles. The fourth-order valence-electron chi connectivity index (χ4n) is 16.2. The second kappa shape index (κ2) is 9.91. The van der Waals surface area contributed by atoms with Crippen LogP contribution in [0.3, 0.4) is 0 Å². The van der Waals surface area contributed by atoms with Gasteiger partial charge in [-0.3, -0.25) is 4.79 Å². The van der Waals surface area contributed by atoms with E-state index >= 15 is 0 Å². The predicted octanol–water partition coefficient (Wildman–Crippen LogP) is 8.10. The first-order valence-corrected chi connectivity index (χ1v) is 19.1. The number of esters is 1. The van der Waals surface area contributed by atoms with E-state index in [4.69, 9.17) is 4.74 Å². The molecule has 0 radical (unpaired) electrons. The van der Waals surface area contributed by atoms with Gasteiger partial charge in [-0.25, -0.2) is 0 Å². The molecule has 2 spiro atoms. The highest BCUT2D eigenvalue weighted by Crippen LogP contribution is 2.74. The van der Waals surface area contributed by atoms with Gasteiger partial charge in [0, 0.05) is 10.8 Å². The van der Waals surface area contributed by atoms with Crippen molar-refractivity contribution in [3.8, 4) is 0 Å². The minimum atomic E-state index is -0.919. The molecule has 250 valence electrons. The number of carbonyl (C=O) groups excluding carboxylic acids is 3. The van der Waals surface area contributed by atoms with Crippen LogP contribution in [-0.4, -0.2) is 35.9 Å². The number of aldehydes is 2. The zero-order chi connectivity index (χ0) is 31.7. The molecule has 0 aromatic rings. The highest BCUT2D eigenvalue weighted by molar-refractivity contribution is 5.73. The van der Waals surface area contributed by atoms with Crippen molar-refractivity contribution in [2.75, 3.05) is 6.61 Å². The monoisotopic (exact) mass is 620 g/mol. The first-order chi connectivity index (χ1) is 21.3. The van der Waals surface area contributed by atoms with Crippen molar-refractivity contribution >= 4 is 18.5 Å². The van der Waals surface area contributed by atoms with Crippen molar-refractivity contribution in [1.82, 2.24) is 0 Å². The van der Waals surface area contributed by atoms with Gasteiger partial charge in [0.25, 0.3) is 0 Å². The molecule has 8 aliphatic rings. The van der Waals surface area contributed by atoms with Crippen LogP contribution in [0.4, 0.5) is 0 Å². The highest BCUT2D eigenvalue weighted by atomic mass is 16.5. The number of rotatable bonds is 5. The lowest BCUT2D eigenvalue weighted by Crippen LogP contribution is -2.56. The van der Waals surface area contributed by atoms with E-state index in [1.165, 1.54) is 31.8 Å². The zero-order valence-corrected chi connectivity index (χ0v) is 28.7. The van der Waals surface area contributed by atoms with Crippen LogP contribution in [0.25, 0.3) is 0 Å². The highest BCUT2D eigenvalue weighted by Gasteiger charge is 2.69. The summed E-state index contributed by atoms with van der Waals surface area (Å²) >= 11 is 0. The Hall–Kier alpha value is -1.23. The van der Waals surface area contributed by atoms with Crippen LogP contribution in [0, 0.1) is 73.9 Å². The predicted molar refractivity (Wildman–Crippen MR) is 173 cm³/mol. The average Bonchev–Trinajstić information content (AvgIpc) is 3.40. The molecule has 14 unspecified atom stereocenters. The van der Waals surface area contributed by atoms with Gasteiger partial charge in [0.2, 0.25) is 0 Å². The Bertz CT molecular complexity index is 1260. The third-order valence-electron chi connectivity index (χ3n) is 17.8. The number of fused-ring (bicyclic) bond motifs is 6. The molecule has 0 heterocycles. The number of ether oxygens (including phenoxy) is 1. The Labute approximate surface area is 271 Å². The summed E-state index contributed by atoms with van der Waals surface area (Å²) in [6.07, 6.45) is 22.1. The Morgan fingerprint density at radius 2 is 1.27 bits per heavy atom. The summed E-state index contributed by atoms with van der Waals surface area (Å²) in [6.45, 7) is 9.56. The van der Waals surface area contributed by atoms with Crippen LogP contribution in [-0.2, 0) is 19.1 Å². The van der Waals surface area contributed by atoms with Crippen LogP contribution in [0.15, 0.2) is 0 Å². The zero-order valence-electron chi connectivity index (χ0n) is 28.7. The Morgan fingerprint density at radius 1 is 0.689 bits per heavy atom. The van der Waals surface area contributed by atoms with E-state index in [1.807, 2.05) is 0 Å². The van der Waals surface area contributed by atoms with E-state index in [9.17, 15) is 19.5 Å². The fourth-order valence-corrected chi connectivity index (χ4v) is 16.2. The van der Waals surface area contributed by atoms with Crippen LogP contribution < -0.4 is 0 Å². The van der Waals surface area contributed by atoms with Gasteiger partial charge >= 0.3 is 5.97 Å². The Balaban J connectivity index is 0.962. The number of hydrogen-bond donors (Lipinski definition) is 1.